The summed E-state index contributed by atoms with van der Waals surface area (Å²) < 4.78 is 5.48. The number of ether oxygens (including phenoxy) is 1. The molecule has 1 saturated carbocycles. The second kappa shape index (κ2) is 8.34. The normalized spacial score (nSPS) is 23.6. The van der Waals surface area contributed by atoms with Gasteiger partial charge < -0.3 is 15.4 Å². The molecule has 0 radical (unpaired) electrons. The molecule has 100 valence electrons. The van der Waals surface area contributed by atoms with Crippen molar-refractivity contribution in [2.75, 3.05) is 26.3 Å². The zero-order chi connectivity index (χ0) is 12.5. The van der Waals surface area contributed by atoms with Crippen LogP contribution in [0.15, 0.2) is 4.99 Å². The minimum absolute atomic E-state index is 0.619. The molecule has 0 aromatic carbocycles. The van der Waals surface area contributed by atoms with Gasteiger partial charge in [0.2, 0.25) is 0 Å². The van der Waals surface area contributed by atoms with Gasteiger partial charge in [-0.1, -0.05) is 20.3 Å². The van der Waals surface area contributed by atoms with Crippen LogP contribution in [0.4, 0.5) is 0 Å². The summed E-state index contributed by atoms with van der Waals surface area (Å²) in [5.41, 5.74) is 0. The molecule has 1 rings (SSSR count). The molecule has 1 fully saturated rings. The SMILES string of the molecule is CCCCOCCN=C(NCC)NC1CC1C. The highest BCUT2D eigenvalue weighted by molar-refractivity contribution is 5.80. The molecule has 2 atom stereocenters. The molecule has 0 bridgehead atoms. The summed E-state index contributed by atoms with van der Waals surface area (Å²) in [4.78, 5) is 4.50. The van der Waals surface area contributed by atoms with Gasteiger partial charge in [0.15, 0.2) is 5.96 Å². The van der Waals surface area contributed by atoms with Crippen molar-refractivity contribution in [2.24, 2.45) is 10.9 Å². The maximum atomic E-state index is 5.48. The molecule has 1 aliphatic carbocycles. The van der Waals surface area contributed by atoms with Gasteiger partial charge in [0.1, 0.15) is 0 Å². The Kier molecular flexibility index (Phi) is 7.01. The van der Waals surface area contributed by atoms with Crippen LogP contribution >= 0.6 is 0 Å². The Morgan fingerprint density at radius 1 is 1.35 bits per heavy atom. The Balaban J connectivity index is 2.12. The van der Waals surface area contributed by atoms with Crippen molar-refractivity contribution in [3.63, 3.8) is 0 Å². The van der Waals surface area contributed by atoms with E-state index in [-0.39, 0.29) is 0 Å². The lowest BCUT2D eigenvalue weighted by molar-refractivity contribution is 0.139. The van der Waals surface area contributed by atoms with E-state index in [4.69, 9.17) is 4.74 Å². The van der Waals surface area contributed by atoms with Gasteiger partial charge in [0.05, 0.1) is 13.2 Å². The number of nitrogens with one attached hydrogen (secondary N) is 2. The number of guanidine groups is 1. The molecule has 17 heavy (non-hydrogen) atoms. The van der Waals surface area contributed by atoms with Crippen LogP contribution in [0.5, 0.6) is 0 Å². The minimum Gasteiger partial charge on any atom is -0.380 e. The highest BCUT2D eigenvalue weighted by atomic mass is 16.5. The summed E-state index contributed by atoms with van der Waals surface area (Å²) in [6.07, 6.45) is 3.59. The molecule has 0 spiro atoms. The highest BCUT2D eigenvalue weighted by Crippen LogP contribution is 2.28. The Labute approximate surface area is 105 Å². The lowest BCUT2D eigenvalue weighted by Crippen LogP contribution is -2.39. The summed E-state index contributed by atoms with van der Waals surface area (Å²) in [5.74, 6) is 1.72. The van der Waals surface area contributed by atoms with Crippen molar-refractivity contribution in [1.29, 1.82) is 0 Å². The van der Waals surface area contributed by atoms with Crippen LogP contribution in [-0.2, 0) is 4.74 Å². The first-order chi connectivity index (χ1) is 8.27. The van der Waals surface area contributed by atoms with Crippen LogP contribution < -0.4 is 10.6 Å². The Hall–Kier alpha value is -0.770. The van der Waals surface area contributed by atoms with Crippen LogP contribution in [0.3, 0.4) is 0 Å². The molecule has 0 aromatic rings. The predicted molar refractivity (Wildman–Crippen MR) is 72.4 cm³/mol. The van der Waals surface area contributed by atoms with Crippen LogP contribution in [-0.4, -0.2) is 38.3 Å². The molecule has 2 unspecified atom stereocenters. The van der Waals surface area contributed by atoms with E-state index in [0.717, 1.165) is 44.6 Å². The average Bonchev–Trinajstić information content (AvgIpc) is 2.99. The predicted octanol–water partition coefficient (Wildman–Crippen LogP) is 1.77. The van der Waals surface area contributed by atoms with E-state index in [1.165, 1.54) is 12.8 Å². The lowest BCUT2D eigenvalue weighted by Gasteiger charge is -2.10. The molecule has 0 amide bonds. The summed E-state index contributed by atoms with van der Waals surface area (Å²) in [6.45, 7) is 9.74. The molecule has 0 saturated heterocycles. The van der Waals surface area contributed by atoms with Gasteiger partial charge in [-0.3, -0.25) is 4.99 Å². The third-order valence-electron chi connectivity index (χ3n) is 2.92. The van der Waals surface area contributed by atoms with Crippen LogP contribution in [0.2, 0.25) is 0 Å². The smallest absolute Gasteiger partial charge is 0.191 e. The summed E-state index contributed by atoms with van der Waals surface area (Å²) in [6, 6.07) is 0.619. The van der Waals surface area contributed by atoms with Crippen molar-refractivity contribution in [3.8, 4) is 0 Å². The number of unbranched alkanes of at least 4 members (excludes halogenated alkanes) is 1. The third kappa shape index (κ3) is 6.51. The van der Waals surface area contributed by atoms with Gasteiger partial charge in [-0.2, -0.15) is 0 Å². The molecule has 0 aromatic heterocycles. The lowest BCUT2D eigenvalue weighted by atomic mass is 10.4. The zero-order valence-corrected chi connectivity index (χ0v) is 11.5. The number of rotatable bonds is 8. The van der Waals surface area contributed by atoms with Gasteiger partial charge in [-0.05, 0) is 25.7 Å². The van der Waals surface area contributed by atoms with E-state index in [0.29, 0.717) is 6.04 Å². The molecular formula is C13H27N3O. The average molecular weight is 241 g/mol. The fraction of sp³-hybridized carbons (Fsp3) is 0.923. The standard InChI is InChI=1S/C13H27N3O/c1-4-6-8-17-9-7-15-13(14-5-2)16-12-10-11(12)3/h11-12H,4-10H2,1-3H3,(H2,14,15,16). The Morgan fingerprint density at radius 2 is 2.12 bits per heavy atom. The van der Waals surface area contributed by atoms with E-state index >= 15 is 0 Å². The van der Waals surface area contributed by atoms with Crippen LogP contribution in [0.25, 0.3) is 0 Å². The first-order valence-electron chi connectivity index (χ1n) is 6.90. The highest BCUT2D eigenvalue weighted by Gasteiger charge is 2.33. The van der Waals surface area contributed by atoms with E-state index in [1.807, 2.05) is 0 Å². The zero-order valence-electron chi connectivity index (χ0n) is 11.5. The van der Waals surface area contributed by atoms with Gasteiger partial charge in [0, 0.05) is 19.2 Å². The molecule has 4 nitrogen and oxygen atoms in total. The number of nitrogens with zero attached hydrogens (tertiary/aromatic N) is 1. The fourth-order valence-electron chi connectivity index (χ4n) is 1.59. The maximum absolute atomic E-state index is 5.48. The second-order valence-electron chi connectivity index (χ2n) is 4.69. The van der Waals surface area contributed by atoms with Crippen molar-refractivity contribution in [2.45, 2.75) is 46.1 Å². The van der Waals surface area contributed by atoms with Gasteiger partial charge >= 0.3 is 0 Å². The molecule has 2 N–H and O–H groups in total. The van der Waals surface area contributed by atoms with Gasteiger partial charge in [-0.15, -0.1) is 0 Å². The summed E-state index contributed by atoms with van der Waals surface area (Å²) in [5, 5.41) is 6.69. The maximum Gasteiger partial charge on any atom is 0.191 e. The number of aliphatic imine (C=N–C) groups is 1. The van der Waals surface area contributed by atoms with Crippen molar-refractivity contribution in [3.05, 3.63) is 0 Å². The Morgan fingerprint density at radius 3 is 2.71 bits per heavy atom. The number of hydrogen-bond acceptors (Lipinski definition) is 2. The van der Waals surface area contributed by atoms with E-state index < -0.39 is 0 Å². The molecule has 0 heterocycles. The van der Waals surface area contributed by atoms with Crippen molar-refractivity contribution in [1.82, 2.24) is 10.6 Å². The van der Waals surface area contributed by atoms with Gasteiger partial charge in [-0.25, -0.2) is 0 Å². The summed E-state index contributed by atoms with van der Waals surface area (Å²) in [7, 11) is 0. The monoisotopic (exact) mass is 241 g/mol. The van der Waals surface area contributed by atoms with Crippen molar-refractivity contribution < 1.29 is 4.74 Å². The molecule has 0 aliphatic heterocycles. The first-order valence-corrected chi connectivity index (χ1v) is 6.90. The second-order valence-corrected chi connectivity index (χ2v) is 4.69. The largest absolute Gasteiger partial charge is 0.380 e. The van der Waals surface area contributed by atoms with Crippen molar-refractivity contribution >= 4 is 5.96 Å². The number of hydrogen-bond donors (Lipinski definition) is 2. The quantitative estimate of drug-likeness (QED) is 0.387. The third-order valence-corrected chi connectivity index (χ3v) is 2.92. The molecular weight excluding hydrogens is 214 g/mol. The topological polar surface area (TPSA) is 45.6 Å². The van der Waals surface area contributed by atoms with Crippen LogP contribution in [0, 0.1) is 5.92 Å². The van der Waals surface area contributed by atoms with Gasteiger partial charge in [0.25, 0.3) is 0 Å². The minimum atomic E-state index is 0.619. The first kappa shape index (κ1) is 14.3. The molecule has 1 aliphatic rings. The summed E-state index contributed by atoms with van der Waals surface area (Å²) >= 11 is 0. The van der Waals surface area contributed by atoms with E-state index in [2.05, 4.69) is 36.4 Å². The van der Waals surface area contributed by atoms with Crippen LogP contribution in [0.1, 0.15) is 40.0 Å². The van der Waals surface area contributed by atoms with E-state index in [1.54, 1.807) is 0 Å². The Bertz CT molecular complexity index is 231. The molecule has 4 heteroatoms. The fourth-order valence-corrected chi connectivity index (χ4v) is 1.59. The van der Waals surface area contributed by atoms with E-state index in [9.17, 15) is 0 Å².